The van der Waals surface area contributed by atoms with Crippen LogP contribution in [0.15, 0.2) is 76.8 Å². The molecule has 0 atom stereocenters. The molecular formula is C25H18BrN3O3. The van der Waals surface area contributed by atoms with Crippen molar-refractivity contribution in [3.05, 3.63) is 93.5 Å². The number of hydrogen-bond donors (Lipinski definition) is 1. The van der Waals surface area contributed by atoms with E-state index in [1.165, 1.54) is 13.2 Å². The molecule has 0 aromatic heterocycles. The lowest BCUT2D eigenvalue weighted by molar-refractivity contribution is -0.112. The van der Waals surface area contributed by atoms with Gasteiger partial charge in [-0.2, -0.15) is 10.5 Å². The number of anilines is 1. The lowest BCUT2D eigenvalue weighted by atomic mass is 10.1. The molecule has 0 spiro atoms. The Balaban J connectivity index is 1.77. The van der Waals surface area contributed by atoms with Gasteiger partial charge in [-0.05, 0) is 48.0 Å². The molecule has 0 heterocycles. The van der Waals surface area contributed by atoms with Crippen LogP contribution < -0.4 is 14.8 Å². The summed E-state index contributed by atoms with van der Waals surface area (Å²) in [6.45, 7) is 0.202. The number of nitriles is 2. The molecule has 0 saturated carbocycles. The van der Waals surface area contributed by atoms with Gasteiger partial charge in [-0.3, -0.25) is 4.79 Å². The van der Waals surface area contributed by atoms with Gasteiger partial charge in [0.05, 0.1) is 18.7 Å². The Morgan fingerprint density at radius 2 is 1.88 bits per heavy atom. The summed E-state index contributed by atoms with van der Waals surface area (Å²) in [7, 11) is 1.50. The number of amides is 1. The van der Waals surface area contributed by atoms with E-state index in [2.05, 4.69) is 27.3 Å². The van der Waals surface area contributed by atoms with Gasteiger partial charge in [0.15, 0.2) is 11.5 Å². The van der Waals surface area contributed by atoms with Crippen molar-refractivity contribution < 1.29 is 14.3 Å². The van der Waals surface area contributed by atoms with Gasteiger partial charge >= 0.3 is 0 Å². The topological polar surface area (TPSA) is 95.1 Å². The van der Waals surface area contributed by atoms with E-state index in [4.69, 9.17) is 9.47 Å². The van der Waals surface area contributed by atoms with Gasteiger partial charge in [0.2, 0.25) is 0 Å². The first-order valence-corrected chi connectivity index (χ1v) is 10.3. The minimum atomic E-state index is -0.516. The summed E-state index contributed by atoms with van der Waals surface area (Å²) in [5, 5.41) is 21.4. The van der Waals surface area contributed by atoms with Crippen LogP contribution in [0.1, 0.15) is 16.7 Å². The van der Waals surface area contributed by atoms with Crippen LogP contribution in [-0.2, 0) is 11.4 Å². The fourth-order valence-electron chi connectivity index (χ4n) is 2.88. The molecule has 3 aromatic rings. The molecular weight excluding hydrogens is 470 g/mol. The van der Waals surface area contributed by atoms with Crippen molar-refractivity contribution in [2.75, 3.05) is 12.4 Å². The van der Waals surface area contributed by atoms with E-state index in [-0.39, 0.29) is 12.2 Å². The van der Waals surface area contributed by atoms with Gasteiger partial charge in [-0.25, -0.2) is 0 Å². The summed E-state index contributed by atoms with van der Waals surface area (Å²) in [5.74, 6) is 0.408. The molecule has 0 bridgehead atoms. The average molecular weight is 488 g/mol. The second-order valence-electron chi connectivity index (χ2n) is 6.60. The molecule has 0 aliphatic heterocycles. The van der Waals surface area contributed by atoms with Crippen LogP contribution >= 0.6 is 15.9 Å². The molecule has 1 amide bonds. The maximum atomic E-state index is 12.5. The number of hydrogen-bond acceptors (Lipinski definition) is 5. The van der Waals surface area contributed by atoms with E-state index in [1.807, 2.05) is 24.3 Å². The number of methoxy groups -OCH3 is 1. The van der Waals surface area contributed by atoms with Crippen LogP contribution in [0, 0.1) is 22.7 Å². The number of rotatable bonds is 7. The second-order valence-corrected chi connectivity index (χ2v) is 7.52. The van der Waals surface area contributed by atoms with Crippen molar-refractivity contribution in [3.63, 3.8) is 0 Å². The van der Waals surface area contributed by atoms with E-state index in [1.54, 1.807) is 48.5 Å². The summed E-state index contributed by atoms with van der Waals surface area (Å²) in [5.41, 5.74) is 2.43. The fourth-order valence-corrected chi connectivity index (χ4v) is 3.28. The molecule has 6 nitrogen and oxygen atoms in total. The number of ether oxygens (including phenoxy) is 2. The van der Waals surface area contributed by atoms with E-state index in [9.17, 15) is 15.3 Å². The zero-order chi connectivity index (χ0) is 22.9. The lowest BCUT2D eigenvalue weighted by Gasteiger charge is -2.12. The normalized spacial score (nSPS) is 10.6. The Bertz CT molecular complexity index is 1260. The molecule has 158 valence electrons. The third-order valence-electron chi connectivity index (χ3n) is 4.47. The number of nitrogens with zero attached hydrogens (tertiary/aromatic N) is 2. The maximum absolute atomic E-state index is 12.5. The van der Waals surface area contributed by atoms with Crippen molar-refractivity contribution in [2.24, 2.45) is 0 Å². The SMILES string of the molecule is COc1cc(/C=C(/C#N)C(=O)Nc2cccc(Br)c2)ccc1OCc1ccccc1C#N. The van der Waals surface area contributed by atoms with Gasteiger partial charge in [-0.15, -0.1) is 0 Å². The van der Waals surface area contributed by atoms with E-state index in [0.29, 0.717) is 28.3 Å². The maximum Gasteiger partial charge on any atom is 0.266 e. The molecule has 0 unspecified atom stereocenters. The van der Waals surface area contributed by atoms with Crippen LogP contribution in [0.3, 0.4) is 0 Å². The third kappa shape index (κ3) is 5.75. The Hall–Kier alpha value is -4.07. The zero-order valence-corrected chi connectivity index (χ0v) is 18.7. The quantitative estimate of drug-likeness (QED) is 0.352. The van der Waals surface area contributed by atoms with Gasteiger partial charge < -0.3 is 14.8 Å². The molecule has 0 aliphatic carbocycles. The summed E-state index contributed by atoms with van der Waals surface area (Å²) in [4.78, 5) is 12.5. The van der Waals surface area contributed by atoms with Crippen LogP contribution in [0.4, 0.5) is 5.69 Å². The highest BCUT2D eigenvalue weighted by molar-refractivity contribution is 9.10. The van der Waals surface area contributed by atoms with Crippen LogP contribution in [0.5, 0.6) is 11.5 Å². The van der Waals surface area contributed by atoms with Crippen molar-refractivity contribution in [1.82, 2.24) is 0 Å². The summed E-state index contributed by atoms with van der Waals surface area (Å²) >= 11 is 3.35. The molecule has 0 fully saturated rings. The Morgan fingerprint density at radius 1 is 1.06 bits per heavy atom. The number of halogens is 1. The van der Waals surface area contributed by atoms with Crippen molar-refractivity contribution in [1.29, 1.82) is 10.5 Å². The first-order chi connectivity index (χ1) is 15.5. The Kier molecular flexibility index (Phi) is 7.64. The lowest BCUT2D eigenvalue weighted by Crippen LogP contribution is -2.13. The smallest absolute Gasteiger partial charge is 0.266 e. The highest BCUT2D eigenvalue weighted by Gasteiger charge is 2.12. The summed E-state index contributed by atoms with van der Waals surface area (Å²) in [6.07, 6.45) is 1.48. The number of benzene rings is 3. The molecule has 3 rings (SSSR count). The monoisotopic (exact) mass is 487 g/mol. The van der Waals surface area contributed by atoms with Crippen molar-refractivity contribution >= 4 is 33.6 Å². The third-order valence-corrected chi connectivity index (χ3v) is 4.96. The van der Waals surface area contributed by atoms with E-state index < -0.39 is 5.91 Å². The highest BCUT2D eigenvalue weighted by atomic mass is 79.9. The molecule has 7 heteroatoms. The summed E-state index contributed by atoms with van der Waals surface area (Å²) in [6, 6.07) is 23.5. The molecule has 32 heavy (non-hydrogen) atoms. The molecule has 3 aromatic carbocycles. The minimum absolute atomic E-state index is 0.0522. The van der Waals surface area contributed by atoms with E-state index in [0.717, 1.165) is 10.0 Å². The van der Waals surface area contributed by atoms with Gasteiger partial charge in [0.1, 0.15) is 18.2 Å². The second kappa shape index (κ2) is 10.8. The number of nitrogens with one attached hydrogen (secondary N) is 1. The number of carbonyl (C=O) groups is 1. The van der Waals surface area contributed by atoms with Gasteiger partial charge in [0.25, 0.3) is 5.91 Å². The van der Waals surface area contributed by atoms with Gasteiger partial charge in [0, 0.05) is 15.7 Å². The predicted octanol–water partition coefficient (Wildman–Crippen LogP) is 5.45. The largest absolute Gasteiger partial charge is 0.493 e. The van der Waals surface area contributed by atoms with Crippen molar-refractivity contribution in [3.8, 4) is 23.6 Å². The van der Waals surface area contributed by atoms with Crippen LogP contribution in [-0.4, -0.2) is 13.0 Å². The van der Waals surface area contributed by atoms with Crippen molar-refractivity contribution in [2.45, 2.75) is 6.61 Å². The Morgan fingerprint density at radius 3 is 2.59 bits per heavy atom. The van der Waals surface area contributed by atoms with E-state index >= 15 is 0 Å². The number of carbonyl (C=O) groups excluding carboxylic acids is 1. The zero-order valence-electron chi connectivity index (χ0n) is 17.1. The molecule has 0 saturated heterocycles. The molecule has 0 radical (unpaired) electrons. The first kappa shape index (κ1) is 22.6. The average Bonchev–Trinajstić information content (AvgIpc) is 2.81. The molecule has 0 aliphatic rings. The van der Waals surface area contributed by atoms with Crippen LogP contribution in [0.2, 0.25) is 0 Å². The highest BCUT2D eigenvalue weighted by Crippen LogP contribution is 2.30. The summed E-state index contributed by atoms with van der Waals surface area (Å²) < 4.78 is 12.1. The fraction of sp³-hybridized carbons (Fsp3) is 0.0800. The standard InChI is InChI=1S/C25H18BrN3O3/c1-31-24-12-17(9-10-23(24)32-16-19-6-3-2-5-18(19)14-27)11-20(15-28)25(30)29-22-8-4-7-21(26)13-22/h2-13H,16H2,1H3,(H,29,30)/b20-11-. The first-order valence-electron chi connectivity index (χ1n) is 9.51. The van der Waals surface area contributed by atoms with Gasteiger partial charge in [-0.1, -0.05) is 46.3 Å². The molecule has 1 N–H and O–H groups in total. The van der Waals surface area contributed by atoms with Crippen LogP contribution in [0.25, 0.3) is 6.08 Å². The minimum Gasteiger partial charge on any atom is -0.493 e. The predicted molar refractivity (Wildman–Crippen MR) is 125 cm³/mol. The Labute approximate surface area is 194 Å².